The summed E-state index contributed by atoms with van der Waals surface area (Å²) in [5, 5.41) is 8.65. The molecule has 0 saturated carbocycles. The molecule has 0 spiro atoms. The van der Waals surface area contributed by atoms with E-state index in [4.69, 9.17) is 5.11 Å². The predicted octanol–water partition coefficient (Wildman–Crippen LogP) is 1.37. The molecular weight excluding hydrogens is 379 g/mol. The van der Waals surface area contributed by atoms with Crippen LogP contribution in [0.2, 0.25) is 0 Å². The van der Waals surface area contributed by atoms with Crippen LogP contribution in [0.15, 0.2) is 18.5 Å². The highest BCUT2D eigenvalue weighted by Crippen LogP contribution is 2.03. The minimum absolute atomic E-state index is 0. The summed E-state index contributed by atoms with van der Waals surface area (Å²) in [6.07, 6.45) is 2.78. The monoisotopic (exact) mass is 386 g/mol. The maximum absolute atomic E-state index is 10.9. The second-order valence-corrected chi connectivity index (χ2v) is 2.98. The number of carbonyl (C=O) groups is 2. The van der Waals surface area contributed by atoms with Crippen LogP contribution < -0.4 is 4.34 Å². The first-order valence-electron chi connectivity index (χ1n) is 3.70. The molecule has 0 radical (unpaired) electrons. The van der Waals surface area contributed by atoms with Crippen LogP contribution in [0.1, 0.15) is 15.9 Å². The van der Waals surface area contributed by atoms with Crippen LogP contribution in [-0.4, -0.2) is 22.0 Å². The van der Waals surface area contributed by atoms with Gasteiger partial charge in [0, 0.05) is 28.5 Å². The summed E-state index contributed by atoms with van der Waals surface area (Å²) >= 11 is 2.78. The largest absolute Gasteiger partial charge is 0.478 e. The SMILES string of the molecule is I.O=C(Cc1cncc(C(=O)O)c1)NBr. The molecule has 0 aliphatic heterocycles. The van der Waals surface area contributed by atoms with Gasteiger partial charge in [-0.15, -0.1) is 24.0 Å². The van der Waals surface area contributed by atoms with E-state index < -0.39 is 5.97 Å². The minimum atomic E-state index is -1.06. The number of hydrogen-bond acceptors (Lipinski definition) is 3. The van der Waals surface area contributed by atoms with Crippen LogP contribution in [0.25, 0.3) is 0 Å². The van der Waals surface area contributed by atoms with E-state index in [9.17, 15) is 9.59 Å². The molecule has 0 aromatic carbocycles. The van der Waals surface area contributed by atoms with Gasteiger partial charge in [-0.1, -0.05) is 0 Å². The Morgan fingerprint density at radius 2 is 2.13 bits per heavy atom. The first kappa shape index (κ1) is 14.3. The average molecular weight is 387 g/mol. The highest BCUT2D eigenvalue weighted by atomic mass is 127. The van der Waals surface area contributed by atoms with Gasteiger partial charge in [-0.25, -0.2) is 4.79 Å². The Labute approximate surface area is 112 Å². The lowest BCUT2D eigenvalue weighted by Gasteiger charge is -1.99. The zero-order valence-electron chi connectivity index (χ0n) is 7.44. The molecule has 1 aromatic heterocycles. The molecule has 0 unspecified atom stereocenters. The van der Waals surface area contributed by atoms with Crippen molar-refractivity contribution >= 4 is 52.0 Å². The van der Waals surface area contributed by atoms with Crippen molar-refractivity contribution in [3.8, 4) is 0 Å². The van der Waals surface area contributed by atoms with Crippen LogP contribution in [0, 0.1) is 0 Å². The smallest absolute Gasteiger partial charge is 0.337 e. The molecule has 0 saturated heterocycles. The van der Waals surface area contributed by atoms with E-state index in [1.54, 1.807) is 0 Å². The number of nitrogens with one attached hydrogen (secondary N) is 1. The second-order valence-electron chi connectivity index (χ2n) is 2.58. The van der Waals surface area contributed by atoms with Gasteiger partial charge in [0.2, 0.25) is 5.91 Å². The molecule has 15 heavy (non-hydrogen) atoms. The number of halogens is 2. The first-order chi connectivity index (χ1) is 6.63. The molecule has 2 N–H and O–H groups in total. The number of rotatable bonds is 3. The van der Waals surface area contributed by atoms with Gasteiger partial charge in [-0.3, -0.25) is 14.1 Å². The van der Waals surface area contributed by atoms with Crippen molar-refractivity contribution in [3.05, 3.63) is 29.6 Å². The summed E-state index contributed by atoms with van der Waals surface area (Å²) in [6.45, 7) is 0. The van der Waals surface area contributed by atoms with Gasteiger partial charge in [-0.05, 0) is 11.6 Å². The van der Waals surface area contributed by atoms with Gasteiger partial charge in [0.05, 0.1) is 12.0 Å². The van der Waals surface area contributed by atoms with E-state index in [2.05, 4.69) is 25.5 Å². The second kappa shape index (κ2) is 6.72. The first-order valence-corrected chi connectivity index (χ1v) is 4.49. The van der Waals surface area contributed by atoms with Gasteiger partial charge in [0.25, 0.3) is 0 Å². The molecular formula is C8H8BrIN2O3. The Hall–Kier alpha value is -0.700. The maximum atomic E-state index is 10.9. The van der Waals surface area contributed by atoms with Crippen molar-refractivity contribution in [3.63, 3.8) is 0 Å². The Kier molecular flexibility index (Phi) is 6.41. The lowest BCUT2D eigenvalue weighted by atomic mass is 10.1. The normalized spacial score (nSPS) is 8.87. The molecule has 1 amide bonds. The van der Waals surface area contributed by atoms with E-state index in [0.717, 1.165) is 0 Å². The number of aromatic carboxylic acids is 1. The molecule has 5 nitrogen and oxygen atoms in total. The Balaban J connectivity index is 0.00000196. The number of hydrogen-bond donors (Lipinski definition) is 2. The van der Waals surface area contributed by atoms with Crippen molar-refractivity contribution in [1.29, 1.82) is 0 Å². The van der Waals surface area contributed by atoms with Crippen LogP contribution in [0.4, 0.5) is 0 Å². The van der Waals surface area contributed by atoms with Crippen molar-refractivity contribution in [2.24, 2.45) is 0 Å². The third kappa shape index (κ3) is 4.56. The molecule has 1 rings (SSSR count). The zero-order chi connectivity index (χ0) is 10.6. The van der Waals surface area contributed by atoms with E-state index in [0.29, 0.717) is 5.56 Å². The molecule has 1 heterocycles. The molecule has 0 aliphatic rings. The summed E-state index contributed by atoms with van der Waals surface area (Å²) in [5.74, 6) is -1.31. The highest BCUT2D eigenvalue weighted by Gasteiger charge is 2.06. The summed E-state index contributed by atoms with van der Waals surface area (Å²) in [4.78, 5) is 25.2. The maximum Gasteiger partial charge on any atom is 0.337 e. The number of nitrogens with zero attached hydrogens (tertiary/aromatic N) is 1. The number of carbonyl (C=O) groups excluding carboxylic acids is 1. The van der Waals surface area contributed by atoms with Gasteiger partial charge in [0.15, 0.2) is 0 Å². The van der Waals surface area contributed by atoms with Crippen molar-refractivity contribution in [1.82, 2.24) is 9.33 Å². The quantitative estimate of drug-likeness (QED) is 0.607. The zero-order valence-corrected chi connectivity index (χ0v) is 11.4. The topological polar surface area (TPSA) is 79.3 Å². The van der Waals surface area contributed by atoms with Crippen LogP contribution in [-0.2, 0) is 11.2 Å². The number of carboxylic acid groups (broad SMARTS) is 1. The van der Waals surface area contributed by atoms with E-state index in [1.165, 1.54) is 18.5 Å². The lowest BCUT2D eigenvalue weighted by molar-refractivity contribution is -0.118. The van der Waals surface area contributed by atoms with Crippen LogP contribution in [0.5, 0.6) is 0 Å². The summed E-state index contributed by atoms with van der Waals surface area (Å²) in [6, 6.07) is 1.41. The summed E-state index contributed by atoms with van der Waals surface area (Å²) < 4.78 is 2.26. The predicted molar refractivity (Wildman–Crippen MR) is 67.4 cm³/mol. The molecule has 0 aliphatic carbocycles. The summed E-state index contributed by atoms with van der Waals surface area (Å²) in [7, 11) is 0. The fourth-order valence-electron chi connectivity index (χ4n) is 0.920. The molecule has 82 valence electrons. The Morgan fingerprint density at radius 3 is 2.67 bits per heavy atom. The number of amides is 1. The standard InChI is InChI=1S/C8H7BrN2O3.HI/c9-11-7(12)2-5-1-6(8(13)14)4-10-3-5;/h1,3-4H,2H2,(H,11,12)(H,13,14);1H. The fourth-order valence-corrected chi connectivity index (χ4v) is 1.06. The van der Waals surface area contributed by atoms with Crippen LogP contribution in [0.3, 0.4) is 0 Å². The third-order valence-electron chi connectivity index (χ3n) is 1.51. The summed E-state index contributed by atoms with van der Waals surface area (Å²) in [5.41, 5.74) is 0.631. The number of pyridine rings is 1. The fraction of sp³-hybridized carbons (Fsp3) is 0.125. The molecule has 0 fully saturated rings. The minimum Gasteiger partial charge on any atom is -0.478 e. The molecule has 0 atom stereocenters. The lowest BCUT2D eigenvalue weighted by Crippen LogP contribution is -2.14. The van der Waals surface area contributed by atoms with Gasteiger partial charge in [-0.2, -0.15) is 0 Å². The highest BCUT2D eigenvalue weighted by molar-refractivity contribution is 14.0. The molecule has 7 heteroatoms. The van der Waals surface area contributed by atoms with Gasteiger partial charge < -0.3 is 5.11 Å². The third-order valence-corrected chi connectivity index (χ3v) is 1.95. The van der Waals surface area contributed by atoms with Gasteiger partial charge in [0.1, 0.15) is 0 Å². The van der Waals surface area contributed by atoms with E-state index >= 15 is 0 Å². The van der Waals surface area contributed by atoms with Crippen LogP contribution >= 0.6 is 40.1 Å². The van der Waals surface area contributed by atoms with Gasteiger partial charge >= 0.3 is 5.97 Å². The Morgan fingerprint density at radius 1 is 1.47 bits per heavy atom. The molecule has 1 aromatic rings. The number of aromatic nitrogens is 1. The average Bonchev–Trinajstić information content (AvgIpc) is 2.18. The number of carboxylic acids is 1. The van der Waals surface area contributed by atoms with Crippen molar-refractivity contribution in [2.75, 3.05) is 0 Å². The Bertz CT molecular complexity index is 373. The van der Waals surface area contributed by atoms with Crippen molar-refractivity contribution < 1.29 is 14.7 Å². The molecule has 0 bridgehead atoms. The van der Waals surface area contributed by atoms with Crippen molar-refractivity contribution in [2.45, 2.75) is 6.42 Å². The van der Waals surface area contributed by atoms with E-state index in [-0.39, 0.29) is 41.9 Å². The van der Waals surface area contributed by atoms with E-state index in [1.807, 2.05) is 0 Å².